The Labute approximate surface area is 178 Å². The lowest BCUT2D eigenvalue weighted by molar-refractivity contribution is 0.0952. The average molecular weight is 433 g/mol. The van der Waals surface area contributed by atoms with Gasteiger partial charge in [0.2, 0.25) is 0 Å². The summed E-state index contributed by atoms with van der Waals surface area (Å²) in [7, 11) is 3.97. The number of nitrogens with zero attached hydrogens (tertiary/aromatic N) is 4. The Morgan fingerprint density at radius 3 is 2.83 bits per heavy atom. The highest BCUT2D eigenvalue weighted by molar-refractivity contribution is 7.19. The van der Waals surface area contributed by atoms with Crippen LogP contribution in [0.4, 0.5) is 15.9 Å². The minimum Gasteiger partial charge on any atom is -0.486 e. The summed E-state index contributed by atoms with van der Waals surface area (Å²) in [4.78, 5) is 27.9. The lowest BCUT2D eigenvalue weighted by atomic mass is 10.2. The van der Waals surface area contributed by atoms with Crippen LogP contribution in [0.5, 0.6) is 5.75 Å². The van der Waals surface area contributed by atoms with Crippen molar-refractivity contribution >= 4 is 39.1 Å². The van der Waals surface area contributed by atoms with Crippen LogP contribution in [0.1, 0.15) is 30.1 Å². The zero-order valence-corrected chi connectivity index (χ0v) is 18.2. The van der Waals surface area contributed by atoms with E-state index in [-0.39, 0.29) is 17.8 Å². The average Bonchev–Trinajstić information content (AvgIpc) is 3.13. The molecule has 1 aromatic carbocycles. The first-order valence-corrected chi connectivity index (χ1v) is 10.4. The second kappa shape index (κ2) is 9.77. The number of amides is 1. The first-order valence-electron chi connectivity index (χ1n) is 9.61. The summed E-state index contributed by atoms with van der Waals surface area (Å²) in [5.41, 5.74) is 0.868. The van der Waals surface area contributed by atoms with Crippen LogP contribution in [0.15, 0.2) is 24.5 Å². The van der Waals surface area contributed by atoms with E-state index < -0.39 is 5.82 Å². The molecule has 0 unspecified atom stereocenters. The molecule has 10 heteroatoms. The molecule has 0 saturated carbocycles. The van der Waals surface area contributed by atoms with Crippen molar-refractivity contribution in [1.82, 2.24) is 25.2 Å². The summed E-state index contributed by atoms with van der Waals surface area (Å²) >= 11 is 1.18. The molecule has 0 spiro atoms. The predicted octanol–water partition coefficient (Wildman–Crippen LogP) is 3.44. The molecule has 0 fully saturated rings. The van der Waals surface area contributed by atoms with Crippen molar-refractivity contribution in [3.63, 3.8) is 0 Å². The molecule has 3 rings (SSSR count). The number of thiazole rings is 1. The molecule has 0 aliphatic heterocycles. The highest BCUT2D eigenvalue weighted by Crippen LogP contribution is 2.33. The van der Waals surface area contributed by atoms with Gasteiger partial charge in [-0.15, -0.1) is 0 Å². The number of fused-ring (bicyclic) bond motifs is 1. The van der Waals surface area contributed by atoms with E-state index in [1.54, 1.807) is 12.1 Å². The van der Waals surface area contributed by atoms with Gasteiger partial charge in [-0.1, -0.05) is 17.4 Å². The summed E-state index contributed by atoms with van der Waals surface area (Å²) in [6.07, 6.45) is 2.02. The molecule has 0 radical (unpaired) electrons. The van der Waals surface area contributed by atoms with Gasteiger partial charge in [-0.05, 0) is 53.0 Å². The molecule has 2 aromatic heterocycles. The Bertz CT molecular complexity index is 1020. The van der Waals surface area contributed by atoms with Gasteiger partial charge in [0.05, 0.1) is 11.8 Å². The van der Waals surface area contributed by atoms with Crippen LogP contribution < -0.4 is 15.4 Å². The van der Waals surface area contributed by atoms with Crippen LogP contribution in [0.25, 0.3) is 10.3 Å². The number of ether oxygens (including phenoxy) is 1. The minimum absolute atomic E-state index is 0.105. The number of halogens is 1. The van der Waals surface area contributed by atoms with E-state index in [4.69, 9.17) is 4.74 Å². The number of carbonyl (C=O) groups excluding carboxylic acids is 1. The first kappa shape index (κ1) is 21.8. The molecular formula is C20H25FN6O2S. The quantitative estimate of drug-likeness (QED) is 0.501. The number of carbonyl (C=O) groups is 1. The predicted molar refractivity (Wildman–Crippen MR) is 116 cm³/mol. The third-order valence-corrected chi connectivity index (χ3v) is 4.99. The van der Waals surface area contributed by atoms with E-state index in [9.17, 15) is 9.18 Å². The van der Waals surface area contributed by atoms with Gasteiger partial charge in [-0.3, -0.25) is 4.79 Å². The molecular weight excluding hydrogens is 407 g/mol. The van der Waals surface area contributed by atoms with Crippen LogP contribution in [-0.4, -0.2) is 59.0 Å². The number of aromatic nitrogens is 3. The Kier molecular flexibility index (Phi) is 7.11. The molecule has 0 aliphatic carbocycles. The van der Waals surface area contributed by atoms with Crippen molar-refractivity contribution in [2.45, 2.75) is 26.4 Å². The Balaban J connectivity index is 1.82. The largest absolute Gasteiger partial charge is 0.486 e. The van der Waals surface area contributed by atoms with Gasteiger partial charge < -0.3 is 20.3 Å². The van der Waals surface area contributed by atoms with Crippen LogP contribution in [0.2, 0.25) is 0 Å². The summed E-state index contributed by atoms with van der Waals surface area (Å²) in [6.45, 7) is 5.09. The minimum atomic E-state index is -0.477. The zero-order chi connectivity index (χ0) is 21.7. The number of hydrogen-bond donors (Lipinski definition) is 2. The van der Waals surface area contributed by atoms with Crippen LogP contribution in [0, 0.1) is 5.82 Å². The lowest BCUT2D eigenvalue weighted by Crippen LogP contribution is -2.26. The molecule has 2 N–H and O–H groups in total. The smallest absolute Gasteiger partial charge is 0.280 e. The van der Waals surface area contributed by atoms with Crippen molar-refractivity contribution < 1.29 is 13.9 Å². The van der Waals surface area contributed by atoms with Gasteiger partial charge in [0, 0.05) is 6.54 Å². The van der Waals surface area contributed by atoms with Crippen LogP contribution in [0.3, 0.4) is 0 Å². The Morgan fingerprint density at radius 1 is 1.30 bits per heavy atom. The summed E-state index contributed by atoms with van der Waals surface area (Å²) in [5.74, 6) is -0.247. The van der Waals surface area contributed by atoms with Gasteiger partial charge >= 0.3 is 0 Å². The topological polar surface area (TPSA) is 92.3 Å². The summed E-state index contributed by atoms with van der Waals surface area (Å²) in [5, 5.41) is 6.24. The van der Waals surface area contributed by atoms with Gasteiger partial charge in [-0.2, -0.15) is 0 Å². The fraction of sp³-hybridized carbons (Fsp3) is 0.400. The highest BCUT2D eigenvalue weighted by atomic mass is 32.1. The molecule has 0 aliphatic rings. The van der Waals surface area contributed by atoms with Gasteiger partial charge in [0.1, 0.15) is 16.7 Å². The molecule has 160 valence electrons. The second-order valence-corrected chi connectivity index (χ2v) is 8.19. The number of rotatable bonds is 9. The summed E-state index contributed by atoms with van der Waals surface area (Å²) < 4.78 is 19.9. The van der Waals surface area contributed by atoms with Crippen molar-refractivity contribution in [1.29, 1.82) is 0 Å². The fourth-order valence-electron chi connectivity index (χ4n) is 2.71. The SMILES string of the molecule is CC(C)Oc1c(F)cccc1Nc1ncnc2sc(C(=O)NCCCN(C)C)nc12. The Morgan fingerprint density at radius 2 is 2.10 bits per heavy atom. The number of benzene rings is 1. The van der Waals surface area contributed by atoms with Gasteiger partial charge in [0.25, 0.3) is 5.91 Å². The van der Waals surface area contributed by atoms with E-state index in [1.165, 1.54) is 23.7 Å². The number of nitrogens with one attached hydrogen (secondary N) is 2. The van der Waals surface area contributed by atoms with E-state index in [0.29, 0.717) is 33.4 Å². The number of hydrogen-bond acceptors (Lipinski definition) is 8. The van der Waals surface area contributed by atoms with E-state index in [0.717, 1.165) is 13.0 Å². The van der Waals surface area contributed by atoms with Crippen molar-refractivity contribution in [3.05, 3.63) is 35.4 Å². The standard InChI is InChI=1S/C20H25FN6O2S/c1-12(2)29-16-13(21)7-5-8-14(16)25-17-15-19(24-11-23-17)30-20(26-15)18(28)22-9-6-10-27(3)4/h5,7-8,11-12H,6,9-10H2,1-4H3,(H,22,28)(H,23,24,25). The fourth-order valence-corrected chi connectivity index (χ4v) is 3.53. The molecule has 0 bridgehead atoms. The molecule has 0 saturated heterocycles. The number of anilines is 2. The Hall–Kier alpha value is -2.85. The van der Waals surface area contributed by atoms with E-state index in [2.05, 4.69) is 30.5 Å². The highest BCUT2D eigenvalue weighted by Gasteiger charge is 2.18. The molecule has 1 amide bonds. The summed E-state index contributed by atoms with van der Waals surface area (Å²) in [6, 6.07) is 4.61. The second-order valence-electron chi connectivity index (χ2n) is 7.22. The van der Waals surface area contributed by atoms with Gasteiger partial charge in [0.15, 0.2) is 22.4 Å². The third kappa shape index (κ3) is 5.39. The van der Waals surface area contributed by atoms with Crippen molar-refractivity contribution in [3.8, 4) is 5.75 Å². The molecule has 2 heterocycles. The maximum Gasteiger partial charge on any atom is 0.280 e. The zero-order valence-electron chi connectivity index (χ0n) is 17.4. The maximum atomic E-state index is 14.3. The van der Waals surface area contributed by atoms with Crippen LogP contribution >= 0.6 is 11.3 Å². The monoisotopic (exact) mass is 432 g/mol. The van der Waals surface area contributed by atoms with E-state index in [1.807, 2.05) is 27.9 Å². The van der Waals surface area contributed by atoms with Crippen molar-refractivity contribution in [2.75, 3.05) is 32.5 Å². The molecule has 8 nitrogen and oxygen atoms in total. The van der Waals surface area contributed by atoms with Gasteiger partial charge in [-0.25, -0.2) is 19.3 Å². The lowest BCUT2D eigenvalue weighted by Gasteiger charge is -2.15. The third-order valence-electron chi connectivity index (χ3n) is 4.03. The van der Waals surface area contributed by atoms with Crippen molar-refractivity contribution in [2.24, 2.45) is 0 Å². The normalized spacial score (nSPS) is 11.3. The molecule has 0 atom stereocenters. The van der Waals surface area contributed by atoms with Crippen LogP contribution in [-0.2, 0) is 0 Å². The maximum absolute atomic E-state index is 14.3. The number of para-hydroxylation sites is 1. The molecule has 3 aromatic rings. The van der Waals surface area contributed by atoms with E-state index >= 15 is 0 Å². The molecule has 30 heavy (non-hydrogen) atoms. The first-order chi connectivity index (χ1) is 14.3.